The number of hydrogen-bond donors (Lipinski definition) is 2. The van der Waals surface area contributed by atoms with E-state index in [0.717, 1.165) is 47.5 Å². The van der Waals surface area contributed by atoms with Crippen LogP contribution in [-0.4, -0.2) is 34.0 Å². The summed E-state index contributed by atoms with van der Waals surface area (Å²) in [6.45, 7) is 3.48. The van der Waals surface area contributed by atoms with Gasteiger partial charge in [-0.3, -0.25) is 0 Å². The van der Waals surface area contributed by atoms with Crippen LogP contribution in [0.4, 0.5) is 10.5 Å². The van der Waals surface area contributed by atoms with Gasteiger partial charge in [0.2, 0.25) is 0 Å². The fourth-order valence-electron chi connectivity index (χ4n) is 3.46. The number of para-hydroxylation sites is 3. The Morgan fingerprint density at radius 3 is 2.84 bits per heavy atom. The number of nitrogens with one attached hydrogen (secondary N) is 2. The van der Waals surface area contributed by atoms with Gasteiger partial charge in [0.05, 0.1) is 11.0 Å². The van der Waals surface area contributed by atoms with Crippen molar-refractivity contribution in [2.75, 3.05) is 18.4 Å². The normalized spacial score (nSPS) is 17.6. The molecule has 1 aromatic heterocycles. The van der Waals surface area contributed by atoms with E-state index in [9.17, 15) is 4.79 Å². The number of amides is 2. The highest BCUT2D eigenvalue weighted by atomic mass is 16.2. The van der Waals surface area contributed by atoms with E-state index < -0.39 is 0 Å². The van der Waals surface area contributed by atoms with E-state index in [4.69, 9.17) is 4.98 Å². The molecule has 128 valence electrons. The fourth-order valence-corrected chi connectivity index (χ4v) is 3.46. The van der Waals surface area contributed by atoms with Crippen molar-refractivity contribution in [1.29, 1.82) is 0 Å². The number of nitrogens with zero attached hydrogens (tertiary/aromatic N) is 2. The van der Waals surface area contributed by atoms with Crippen LogP contribution >= 0.6 is 0 Å². The number of likely N-dealkylation sites (tertiary alicyclic amines) is 1. The Kier molecular flexibility index (Phi) is 4.14. The number of aromatic amines is 1. The van der Waals surface area contributed by atoms with Gasteiger partial charge in [0.25, 0.3) is 0 Å². The van der Waals surface area contributed by atoms with Gasteiger partial charge in [-0.15, -0.1) is 0 Å². The Hall–Kier alpha value is -2.82. The number of hydrogen-bond acceptors (Lipinski definition) is 2. The summed E-state index contributed by atoms with van der Waals surface area (Å²) in [5.41, 5.74) is 3.98. The van der Waals surface area contributed by atoms with E-state index in [-0.39, 0.29) is 11.9 Å². The monoisotopic (exact) mass is 334 g/mol. The van der Waals surface area contributed by atoms with Crippen molar-refractivity contribution in [1.82, 2.24) is 14.9 Å². The highest BCUT2D eigenvalue weighted by Gasteiger charge is 2.27. The first-order valence-electron chi connectivity index (χ1n) is 8.77. The molecule has 0 aliphatic carbocycles. The van der Waals surface area contributed by atoms with Gasteiger partial charge in [-0.2, -0.15) is 0 Å². The van der Waals surface area contributed by atoms with Gasteiger partial charge in [-0.1, -0.05) is 30.3 Å². The summed E-state index contributed by atoms with van der Waals surface area (Å²) in [5, 5.41) is 3.03. The molecule has 0 spiro atoms. The molecule has 5 heteroatoms. The molecule has 2 N–H and O–H groups in total. The molecule has 1 saturated heterocycles. The molecule has 0 radical (unpaired) electrons. The molecule has 3 aromatic rings. The van der Waals surface area contributed by atoms with Gasteiger partial charge < -0.3 is 15.2 Å². The predicted molar refractivity (Wildman–Crippen MR) is 99.8 cm³/mol. The lowest BCUT2D eigenvalue weighted by Crippen LogP contribution is -2.41. The highest BCUT2D eigenvalue weighted by Crippen LogP contribution is 2.27. The molecule has 0 saturated carbocycles. The zero-order valence-electron chi connectivity index (χ0n) is 14.3. The van der Waals surface area contributed by atoms with Crippen molar-refractivity contribution < 1.29 is 4.79 Å². The molecule has 25 heavy (non-hydrogen) atoms. The zero-order chi connectivity index (χ0) is 17.2. The lowest BCUT2D eigenvalue weighted by Gasteiger charge is -2.32. The zero-order valence-corrected chi connectivity index (χ0v) is 14.3. The van der Waals surface area contributed by atoms with Crippen LogP contribution in [0.1, 0.15) is 30.1 Å². The number of H-pyrrole nitrogens is 1. The van der Waals surface area contributed by atoms with Crippen LogP contribution in [-0.2, 0) is 0 Å². The maximum atomic E-state index is 12.7. The molecule has 2 heterocycles. The minimum Gasteiger partial charge on any atom is -0.342 e. The average Bonchev–Trinajstić information content (AvgIpc) is 3.08. The summed E-state index contributed by atoms with van der Waals surface area (Å²) >= 11 is 0. The first-order valence-corrected chi connectivity index (χ1v) is 8.77. The van der Waals surface area contributed by atoms with Gasteiger partial charge in [-0.25, -0.2) is 9.78 Å². The van der Waals surface area contributed by atoms with Crippen molar-refractivity contribution >= 4 is 22.8 Å². The second-order valence-corrected chi connectivity index (χ2v) is 6.67. The molecular weight excluding hydrogens is 312 g/mol. The van der Waals surface area contributed by atoms with Gasteiger partial charge in [-0.05, 0) is 43.5 Å². The highest BCUT2D eigenvalue weighted by molar-refractivity contribution is 5.90. The maximum Gasteiger partial charge on any atom is 0.321 e. The smallest absolute Gasteiger partial charge is 0.321 e. The van der Waals surface area contributed by atoms with Crippen molar-refractivity contribution in [3.05, 3.63) is 59.9 Å². The van der Waals surface area contributed by atoms with Crippen LogP contribution in [0.25, 0.3) is 11.0 Å². The number of carbonyl (C=O) groups is 1. The van der Waals surface area contributed by atoms with Crippen molar-refractivity contribution in [2.24, 2.45) is 0 Å². The Morgan fingerprint density at radius 2 is 2.00 bits per heavy atom. The summed E-state index contributed by atoms with van der Waals surface area (Å²) in [7, 11) is 0. The minimum atomic E-state index is -0.0323. The molecule has 5 nitrogen and oxygen atoms in total. The first kappa shape index (κ1) is 15.7. The Balaban J connectivity index is 1.48. The number of aryl methyl sites for hydroxylation is 1. The molecular formula is C20H22N4O. The molecule has 1 atom stereocenters. The molecule has 1 aliphatic rings. The van der Waals surface area contributed by atoms with Crippen LogP contribution in [0, 0.1) is 6.92 Å². The number of urea groups is 1. The number of anilines is 1. The molecule has 4 rings (SSSR count). The van der Waals surface area contributed by atoms with E-state index in [1.807, 2.05) is 60.4 Å². The molecule has 2 aromatic carbocycles. The van der Waals surface area contributed by atoms with Gasteiger partial charge in [0.1, 0.15) is 5.82 Å². The Labute approximate surface area is 147 Å². The summed E-state index contributed by atoms with van der Waals surface area (Å²) in [6, 6.07) is 15.9. The fraction of sp³-hybridized carbons (Fsp3) is 0.300. The van der Waals surface area contributed by atoms with Crippen molar-refractivity contribution in [2.45, 2.75) is 25.7 Å². The summed E-state index contributed by atoms with van der Waals surface area (Å²) < 4.78 is 0. The molecule has 1 aliphatic heterocycles. The van der Waals surface area contributed by atoms with Crippen LogP contribution in [0.2, 0.25) is 0 Å². The minimum absolute atomic E-state index is 0.0323. The van der Waals surface area contributed by atoms with E-state index in [2.05, 4.69) is 10.3 Å². The quantitative estimate of drug-likeness (QED) is 0.735. The number of rotatable bonds is 2. The summed E-state index contributed by atoms with van der Waals surface area (Å²) in [6.07, 6.45) is 2.04. The number of benzene rings is 2. The molecule has 1 fully saturated rings. The average molecular weight is 334 g/mol. The summed E-state index contributed by atoms with van der Waals surface area (Å²) in [4.78, 5) is 22.7. The third-order valence-electron chi connectivity index (χ3n) is 4.89. The first-order chi connectivity index (χ1) is 12.2. The van der Waals surface area contributed by atoms with E-state index in [1.165, 1.54) is 0 Å². The Bertz CT molecular complexity index is 868. The number of aromatic nitrogens is 2. The van der Waals surface area contributed by atoms with Crippen molar-refractivity contribution in [3.63, 3.8) is 0 Å². The summed E-state index contributed by atoms with van der Waals surface area (Å²) in [5.74, 6) is 1.23. The number of carbonyl (C=O) groups excluding carboxylic acids is 1. The van der Waals surface area contributed by atoms with E-state index in [1.54, 1.807) is 0 Å². The lowest BCUT2D eigenvalue weighted by molar-refractivity contribution is 0.191. The third kappa shape index (κ3) is 3.22. The van der Waals surface area contributed by atoms with Crippen LogP contribution < -0.4 is 5.32 Å². The number of imidazole rings is 1. The van der Waals surface area contributed by atoms with Crippen molar-refractivity contribution in [3.8, 4) is 0 Å². The molecule has 0 bridgehead atoms. The van der Waals surface area contributed by atoms with Gasteiger partial charge >= 0.3 is 6.03 Å². The predicted octanol–water partition coefficient (Wildman–Crippen LogP) is 4.28. The van der Waals surface area contributed by atoms with Gasteiger partial charge in [0.15, 0.2) is 0 Å². The lowest BCUT2D eigenvalue weighted by atomic mass is 9.97. The molecule has 2 amide bonds. The van der Waals surface area contributed by atoms with Gasteiger partial charge in [0, 0.05) is 24.7 Å². The van der Waals surface area contributed by atoms with Crippen LogP contribution in [0.3, 0.4) is 0 Å². The number of fused-ring (bicyclic) bond motifs is 1. The second-order valence-electron chi connectivity index (χ2n) is 6.67. The standard InChI is InChI=1S/C20H22N4O/c1-14-7-2-3-9-16(14)23-20(25)24-12-6-8-15(13-24)19-21-17-10-4-5-11-18(17)22-19/h2-5,7,9-11,15H,6,8,12-13H2,1H3,(H,21,22)(H,23,25). The second kappa shape index (κ2) is 6.59. The van der Waals surface area contributed by atoms with Crippen LogP contribution in [0.15, 0.2) is 48.5 Å². The SMILES string of the molecule is Cc1ccccc1NC(=O)N1CCCC(c2nc3ccccc3[nH]2)C1. The maximum absolute atomic E-state index is 12.7. The topological polar surface area (TPSA) is 61.0 Å². The van der Waals surface area contributed by atoms with E-state index in [0.29, 0.717) is 6.54 Å². The van der Waals surface area contributed by atoms with Crippen LogP contribution in [0.5, 0.6) is 0 Å². The Morgan fingerprint density at radius 1 is 1.20 bits per heavy atom. The molecule has 1 unspecified atom stereocenters. The number of piperidine rings is 1. The van der Waals surface area contributed by atoms with E-state index >= 15 is 0 Å². The largest absolute Gasteiger partial charge is 0.342 e. The third-order valence-corrected chi connectivity index (χ3v) is 4.89.